The highest BCUT2D eigenvalue weighted by molar-refractivity contribution is 8.03. The van der Waals surface area contributed by atoms with Gasteiger partial charge in [-0.05, 0) is 36.7 Å². The van der Waals surface area contributed by atoms with E-state index >= 15 is 0 Å². The molecule has 1 aromatic rings. The molecule has 5 N–H and O–H groups in total. The summed E-state index contributed by atoms with van der Waals surface area (Å²) in [6, 6.07) is -0.361. The zero-order chi connectivity index (χ0) is 29.5. The second kappa shape index (κ2) is 12.1. The lowest BCUT2D eigenvalue weighted by Gasteiger charge is -2.54. The Balaban J connectivity index is 1.05. The van der Waals surface area contributed by atoms with Crippen LogP contribution in [0.5, 0.6) is 0 Å². The van der Waals surface area contributed by atoms with Crippen molar-refractivity contribution in [1.82, 2.24) is 50.9 Å². The van der Waals surface area contributed by atoms with Gasteiger partial charge in [0.05, 0.1) is 6.04 Å². The molecule has 1 aromatic heterocycles. The van der Waals surface area contributed by atoms with Crippen molar-refractivity contribution in [2.45, 2.75) is 68.9 Å². The van der Waals surface area contributed by atoms with Gasteiger partial charge < -0.3 is 36.0 Å². The molecule has 4 saturated heterocycles. The molecule has 1 unspecified atom stereocenters. The monoisotopic (exact) mass is 604 g/mol. The maximum Gasteiger partial charge on any atom is 0.353 e. The molecule has 42 heavy (non-hydrogen) atoms. The van der Waals surface area contributed by atoms with Gasteiger partial charge in [-0.25, -0.2) is 9.48 Å². The van der Waals surface area contributed by atoms with Gasteiger partial charge in [0.15, 0.2) is 0 Å². The van der Waals surface area contributed by atoms with Gasteiger partial charge >= 0.3 is 5.97 Å². The highest BCUT2D eigenvalue weighted by Gasteiger charge is 2.60. The topological polar surface area (TPSA) is 181 Å². The first-order valence-corrected chi connectivity index (χ1v) is 15.7. The van der Waals surface area contributed by atoms with Gasteiger partial charge in [-0.2, -0.15) is 0 Å². The third-order valence-electron chi connectivity index (χ3n) is 9.49. The molecule has 0 radical (unpaired) electrons. The molecule has 6 heterocycles. The summed E-state index contributed by atoms with van der Waals surface area (Å²) in [7, 11) is 0. The Labute approximate surface area is 248 Å². The molecule has 0 spiro atoms. The number of nitrogens with zero attached hydrogens (tertiary/aromatic N) is 7. The van der Waals surface area contributed by atoms with E-state index in [1.165, 1.54) is 22.8 Å². The van der Waals surface area contributed by atoms with E-state index in [0.29, 0.717) is 19.0 Å². The number of aromatic nitrogens is 4. The zero-order valence-electron chi connectivity index (χ0n) is 23.9. The number of fused-ring (bicyclic) bond motifs is 1. The first-order valence-electron chi connectivity index (χ1n) is 14.8. The lowest BCUT2D eigenvalue weighted by molar-refractivity contribution is -0.175. The number of nitrogens with one attached hydrogen (secondary N) is 3. The largest absolute Gasteiger partial charge is 0.477 e. The number of carboxylic acids is 1. The summed E-state index contributed by atoms with van der Waals surface area (Å²) in [5, 5.41) is 41.7. The van der Waals surface area contributed by atoms with Gasteiger partial charge in [-0.1, -0.05) is 6.92 Å². The number of hydrogen-bond donors (Lipinski definition) is 5. The standard InChI is InChI=1S/C26H40N10O5S/c1-14-21-20(15(2)30-19(37)12-35-13-29-31-32-35)25(39)36(21)22(26(40)41)23(14)42-17-9-18(28-11-17)24(38)34-7-5-33(6-8-34)16-3-4-27-10-16/h13-18,20-21,25,27-28,39H,3-12H2,1-2H3,(H,30,37)(H,40,41)/t14-,15-,16+,17+,18+,20-,21-,25?/m1/s1. The van der Waals surface area contributed by atoms with Crippen LogP contribution < -0.4 is 16.0 Å². The fraction of sp³-hybridized carbons (Fsp3) is 0.769. The quantitative estimate of drug-likeness (QED) is 0.203. The SMILES string of the molecule is C[C@@H](NC(=O)Cn1cnnn1)[C@H]1C(O)N2C(C(=O)O)=C(S[C@@H]3CN[C@H](C(=O)N4CCN([C@H]5CCNC5)CC4)C3)[C@H](C)[C@H]12. The minimum Gasteiger partial charge on any atom is -0.477 e. The highest BCUT2D eigenvalue weighted by atomic mass is 32.2. The van der Waals surface area contributed by atoms with Crippen molar-refractivity contribution in [2.75, 3.05) is 45.8 Å². The predicted octanol–water partition coefficient (Wildman–Crippen LogP) is -2.29. The Hall–Kier alpha value is -2.79. The summed E-state index contributed by atoms with van der Waals surface area (Å²) < 4.78 is 1.31. The summed E-state index contributed by atoms with van der Waals surface area (Å²) in [4.78, 5) is 45.0. The predicted molar refractivity (Wildman–Crippen MR) is 152 cm³/mol. The van der Waals surface area contributed by atoms with Gasteiger partial charge in [-0.3, -0.25) is 14.5 Å². The number of tetrazole rings is 1. The molecule has 4 fully saturated rings. The average Bonchev–Trinajstić information content (AvgIpc) is 3.78. The summed E-state index contributed by atoms with van der Waals surface area (Å²) >= 11 is 1.51. The molecule has 0 saturated carbocycles. The third kappa shape index (κ3) is 5.50. The number of rotatable bonds is 9. The third-order valence-corrected chi connectivity index (χ3v) is 11.0. The van der Waals surface area contributed by atoms with E-state index in [-0.39, 0.29) is 53.2 Å². The maximum atomic E-state index is 13.3. The Morgan fingerprint density at radius 2 is 2.00 bits per heavy atom. The molecule has 5 aliphatic heterocycles. The molecular weight excluding hydrogens is 564 g/mol. The van der Waals surface area contributed by atoms with Crippen molar-refractivity contribution < 1.29 is 24.6 Å². The number of amides is 2. The molecule has 16 heteroatoms. The van der Waals surface area contributed by atoms with Crippen LogP contribution in [0, 0.1) is 11.8 Å². The number of carbonyl (C=O) groups excluding carboxylic acids is 2. The van der Waals surface area contributed by atoms with Crippen LogP contribution in [0.1, 0.15) is 26.7 Å². The number of hydrogen-bond acceptors (Lipinski definition) is 12. The Kier molecular flexibility index (Phi) is 8.42. The Morgan fingerprint density at radius 3 is 2.67 bits per heavy atom. The smallest absolute Gasteiger partial charge is 0.353 e. The van der Waals surface area contributed by atoms with Crippen LogP contribution in [0.25, 0.3) is 0 Å². The second-order valence-corrected chi connectivity index (χ2v) is 13.3. The van der Waals surface area contributed by atoms with Crippen molar-refractivity contribution in [1.29, 1.82) is 0 Å². The summed E-state index contributed by atoms with van der Waals surface area (Å²) in [5.74, 6) is -1.74. The number of carboxylic acid groups (broad SMARTS) is 1. The van der Waals surface area contributed by atoms with Gasteiger partial charge in [-0.15, -0.1) is 16.9 Å². The van der Waals surface area contributed by atoms with Crippen LogP contribution in [0.4, 0.5) is 0 Å². The number of aliphatic hydroxyl groups is 1. The summed E-state index contributed by atoms with van der Waals surface area (Å²) in [6.07, 6.45) is 2.11. The molecular formula is C26H40N10O5S. The Bertz CT molecular complexity index is 1200. The molecule has 8 atom stereocenters. The highest BCUT2D eigenvalue weighted by Crippen LogP contribution is 2.53. The average molecular weight is 605 g/mol. The summed E-state index contributed by atoms with van der Waals surface area (Å²) in [5.41, 5.74) is 0.126. The molecule has 0 bridgehead atoms. The van der Waals surface area contributed by atoms with Crippen molar-refractivity contribution >= 4 is 29.5 Å². The van der Waals surface area contributed by atoms with E-state index in [1.807, 2.05) is 18.7 Å². The fourth-order valence-corrected chi connectivity index (χ4v) is 8.83. The van der Waals surface area contributed by atoms with Crippen molar-refractivity contribution in [2.24, 2.45) is 11.8 Å². The van der Waals surface area contributed by atoms with Gasteiger partial charge in [0.1, 0.15) is 24.8 Å². The molecule has 0 aliphatic carbocycles. The van der Waals surface area contributed by atoms with E-state index in [4.69, 9.17) is 0 Å². The zero-order valence-corrected chi connectivity index (χ0v) is 24.7. The first-order chi connectivity index (χ1) is 20.2. The maximum absolute atomic E-state index is 13.3. The lowest BCUT2D eigenvalue weighted by Crippen LogP contribution is -2.68. The van der Waals surface area contributed by atoms with Gasteiger partial charge in [0.25, 0.3) is 0 Å². The number of carbonyl (C=O) groups is 3. The van der Waals surface area contributed by atoms with Crippen LogP contribution in [-0.4, -0.2) is 144 Å². The molecule has 0 aromatic carbocycles. The van der Waals surface area contributed by atoms with Crippen molar-refractivity contribution in [3.05, 3.63) is 16.9 Å². The number of piperazine rings is 1. The van der Waals surface area contributed by atoms with Crippen LogP contribution in [0.2, 0.25) is 0 Å². The van der Waals surface area contributed by atoms with E-state index < -0.39 is 18.2 Å². The second-order valence-electron chi connectivity index (χ2n) is 12.0. The lowest BCUT2D eigenvalue weighted by atomic mass is 9.77. The molecule has 15 nitrogen and oxygen atoms in total. The minimum absolute atomic E-state index is 0.0410. The Morgan fingerprint density at radius 1 is 1.21 bits per heavy atom. The molecule has 230 valence electrons. The van der Waals surface area contributed by atoms with Crippen LogP contribution in [0.15, 0.2) is 16.9 Å². The first kappa shape index (κ1) is 29.3. The van der Waals surface area contributed by atoms with Gasteiger partial charge in [0, 0.05) is 79.4 Å². The minimum atomic E-state index is -1.08. The van der Waals surface area contributed by atoms with Crippen molar-refractivity contribution in [3.8, 4) is 0 Å². The molecule has 2 amide bonds. The van der Waals surface area contributed by atoms with Crippen LogP contribution in [-0.2, 0) is 20.9 Å². The molecule has 5 aliphatic rings. The van der Waals surface area contributed by atoms with Crippen LogP contribution >= 0.6 is 11.8 Å². The van der Waals surface area contributed by atoms with E-state index in [0.717, 1.165) is 50.6 Å². The summed E-state index contributed by atoms with van der Waals surface area (Å²) in [6.45, 7) is 9.70. The van der Waals surface area contributed by atoms with Crippen molar-refractivity contribution in [3.63, 3.8) is 0 Å². The van der Waals surface area contributed by atoms with E-state index in [2.05, 4.69) is 36.4 Å². The number of thioether (sulfide) groups is 1. The number of aliphatic hydroxyl groups excluding tert-OH is 1. The van der Waals surface area contributed by atoms with E-state index in [1.54, 1.807) is 4.90 Å². The van der Waals surface area contributed by atoms with Gasteiger partial charge in [0.2, 0.25) is 11.8 Å². The van der Waals surface area contributed by atoms with Crippen LogP contribution in [0.3, 0.4) is 0 Å². The molecule has 6 rings (SSSR count). The normalized spacial score (nSPS) is 33.9. The fourth-order valence-electron chi connectivity index (χ4n) is 7.34. The number of aliphatic carboxylic acids is 1. The van der Waals surface area contributed by atoms with E-state index in [9.17, 15) is 24.6 Å².